The molecule has 4 rings (SSSR count). The third-order valence-electron chi connectivity index (χ3n) is 6.00. The van der Waals surface area contributed by atoms with Crippen molar-refractivity contribution in [3.63, 3.8) is 0 Å². The van der Waals surface area contributed by atoms with Gasteiger partial charge in [0.1, 0.15) is 24.8 Å². The molecular weight excluding hydrogens is 436 g/mol. The fourth-order valence-electron chi connectivity index (χ4n) is 4.22. The van der Waals surface area contributed by atoms with Crippen LogP contribution in [0.2, 0.25) is 0 Å². The molecule has 0 aliphatic carbocycles. The van der Waals surface area contributed by atoms with E-state index in [1.54, 1.807) is 7.11 Å². The molecule has 5 nitrogen and oxygen atoms in total. The molecule has 5 heteroatoms. The van der Waals surface area contributed by atoms with E-state index in [9.17, 15) is 0 Å². The molecule has 0 saturated carbocycles. The Kier molecular flexibility index (Phi) is 7.76. The van der Waals surface area contributed by atoms with Crippen molar-refractivity contribution in [2.45, 2.75) is 46.8 Å². The van der Waals surface area contributed by atoms with Crippen LogP contribution in [0.15, 0.2) is 66.7 Å². The maximum atomic E-state index is 6.28. The monoisotopic (exact) mass is 470 g/mol. The maximum Gasteiger partial charge on any atom is 0.161 e. The van der Waals surface area contributed by atoms with Crippen LogP contribution in [0, 0.1) is 6.92 Å². The molecule has 1 aromatic heterocycles. The molecule has 0 atom stereocenters. The van der Waals surface area contributed by atoms with Crippen LogP contribution >= 0.6 is 0 Å². The number of methoxy groups -OCH3 is 1. The topological polar surface area (TPSA) is 45.5 Å². The Morgan fingerprint density at radius 1 is 0.943 bits per heavy atom. The first-order valence-corrected chi connectivity index (χ1v) is 12.1. The Bertz CT molecular complexity index is 1320. The lowest BCUT2D eigenvalue weighted by Gasteiger charge is -2.16. The van der Waals surface area contributed by atoms with Crippen LogP contribution in [-0.2, 0) is 13.2 Å². The van der Waals surface area contributed by atoms with E-state index in [4.69, 9.17) is 19.2 Å². The SMILES string of the molecule is C/C=C\c1ccc(OCc2nc3ccccc3n2CCOc2cc(C)ccc2C(C)C)c(OC)c1. The van der Waals surface area contributed by atoms with Crippen LogP contribution in [0.4, 0.5) is 0 Å². The number of rotatable bonds is 10. The zero-order valence-corrected chi connectivity index (χ0v) is 21.2. The zero-order chi connectivity index (χ0) is 24.8. The Labute approximate surface area is 208 Å². The van der Waals surface area contributed by atoms with Gasteiger partial charge in [-0.15, -0.1) is 0 Å². The highest BCUT2D eigenvalue weighted by molar-refractivity contribution is 5.75. The molecule has 0 fully saturated rings. The highest BCUT2D eigenvalue weighted by Crippen LogP contribution is 2.30. The lowest BCUT2D eigenvalue weighted by Crippen LogP contribution is -2.13. The predicted octanol–water partition coefficient (Wildman–Crippen LogP) is 7.17. The fraction of sp³-hybridized carbons (Fsp3) is 0.300. The smallest absolute Gasteiger partial charge is 0.161 e. The number of fused-ring (bicyclic) bond motifs is 1. The van der Waals surface area contributed by atoms with Crippen molar-refractivity contribution in [3.8, 4) is 17.2 Å². The molecule has 182 valence electrons. The third kappa shape index (κ3) is 5.68. The molecule has 0 N–H and O–H groups in total. The molecular formula is C30H34N2O3. The summed E-state index contributed by atoms with van der Waals surface area (Å²) in [7, 11) is 1.66. The van der Waals surface area contributed by atoms with E-state index in [1.165, 1.54) is 11.1 Å². The molecule has 0 unspecified atom stereocenters. The van der Waals surface area contributed by atoms with Crippen LogP contribution in [0.25, 0.3) is 17.1 Å². The van der Waals surface area contributed by atoms with Crippen molar-refractivity contribution >= 4 is 17.1 Å². The number of aryl methyl sites for hydroxylation is 1. The van der Waals surface area contributed by atoms with Gasteiger partial charge in [-0.05, 0) is 66.8 Å². The molecule has 0 amide bonds. The van der Waals surface area contributed by atoms with Crippen molar-refractivity contribution in [1.82, 2.24) is 9.55 Å². The third-order valence-corrected chi connectivity index (χ3v) is 6.00. The first kappa shape index (κ1) is 24.4. The van der Waals surface area contributed by atoms with Crippen molar-refractivity contribution in [2.24, 2.45) is 0 Å². The minimum Gasteiger partial charge on any atom is -0.493 e. The van der Waals surface area contributed by atoms with Crippen LogP contribution in [0.3, 0.4) is 0 Å². The molecule has 0 radical (unpaired) electrons. The standard InChI is InChI=1S/C30H34N2O3/c1-6-9-23-13-15-27(29(19-23)33-5)35-20-30-31-25-10-7-8-11-26(25)32(30)16-17-34-28-18-22(4)12-14-24(28)21(2)3/h6-15,18-19,21H,16-17,20H2,1-5H3/b9-6-. The van der Waals surface area contributed by atoms with Gasteiger partial charge in [-0.25, -0.2) is 4.98 Å². The number of para-hydroxylation sites is 2. The van der Waals surface area contributed by atoms with Gasteiger partial charge in [-0.2, -0.15) is 0 Å². The molecule has 3 aromatic carbocycles. The van der Waals surface area contributed by atoms with Gasteiger partial charge in [0.15, 0.2) is 11.5 Å². The predicted molar refractivity (Wildman–Crippen MR) is 143 cm³/mol. The second-order valence-electron chi connectivity index (χ2n) is 8.91. The summed E-state index contributed by atoms with van der Waals surface area (Å²) < 4.78 is 20.2. The van der Waals surface area contributed by atoms with Crippen LogP contribution < -0.4 is 14.2 Å². The molecule has 0 aliphatic rings. The minimum atomic E-state index is 0.329. The largest absolute Gasteiger partial charge is 0.493 e. The van der Waals surface area contributed by atoms with E-state index < -0.39 is 0 Å². The molecule has 0 spiro atoms. The number of hydrogen-bond donors (Lipinski definition) is 0. The first-order chi connectivity index (χ1) is 17.0. The van der Waals surface area contributed by atoms with E-state index in [0.717, 1.165) is 28.2 Å². The molecule has 35 heavy (non-hydrogen) atoms. The minimum absolute atomic E-state index is 0.329. The summed E-state index contributed by atoms with van der Waals surface area (Å²) in [5.74, 6) is 3.60. The Morgan fingerprint density at radius 2 is 1.77 bits per heavy atom. The number of ether oxygens (including phenoxy) is 3. The molecule has 1 heterocycles. The number of hydrogen-bond acceptors (Lipinski definition) is 4. The quantitative estimate of drug-likeness (QED) is 0.246. The number of aromatic nitrogens is 2. The molecule has 4 aromatic rings. The summed E-state index contributed by atoms with van der Waals surface area (Å²) in [6.45, 7) is 10.0. The van der Waals surface area contributed by atoms with E-state index >= 15 is 0 Å². The van der Waals surface area contributed by atoms with Crippen LogP contribution in [0.5, 0.6) is 17.2 Å². The van der Waals surface area contributed by atoms with Crippen LogP contribution in [-0.4, -0.2) is 23.3 Å². The van der Waals surface area contributed by atoms with E-state index in [2.05, 4.69) is 49.6 Å². The maximum absolute atomic E-state index is 6.28. The highest BCUT2D eigenvalue weighted by Gasteiger charge is 2.14. The lowest BCUT2D eigenvalue weighted by atomic mass is 10.0. The second kappa shape index (κ2) is 11.1. The average Bonchev–Trinajstić information content (AvgIpc) is 3.20. The van der Waals surface area contributed by atoms with Gasteiger partial charge >= 0.3 is 0 Å². The van der Waals surface area contributed by atoms with Gasteiger partial charge in [-0.1, -0.05) is 56.3 Å². The van der Waals surface area contributed by atoms with Crippen molar-refractivity contribution in [1.29, 1.82) is 0 Å². The second-order valence-corrected chi connectivity index (χ2v) is 8.91. The van der Waals surface area contributed by atoms with Gasteiger partial charge in [0.2, 0.25) is 0 Å². The molecule has 0 saturated heterocycles. The fourth-order valence-corrected chi connectivity index (χ4v) is 4.22. The zero-order valence-electron chi connectivity index (χ0n) is 21.2. The summed E-state index contributed by atoms with van der Waals surface area (Å²) >= 11 is 0. The summed E-state index contributed by atoms with van der Waals surface area (Å²) in [5.41, 5.74) is 5.50. The highest BCUT2D eigenvalue weighted by atomic mass is 16.5. The van der Waals surface area contributed by atoms with Crippen molar-refractivity contribution in [3.05, 3.63) is 89.3 Å². The van der Waals surface area contributed by atoms with Crippen molar-refractivity contribution in [2.75, 3.05) is 13.7 Å². The summed E-state index contributed by atoms with van der Waals surface area (Å²) in [6, 6.07) is 20.5. The average molecular weight is 471 g/mol. The molecule has 0 bridgehead atoms. The first-order valence-electron chi connectivity index (χ1n) is 12.1. The van der Waals surface area contributed by atoms with Gasteiger partial charge < -0.3 is 18.8 Å². The number of allylic oxidation sites excluding steroid dienone is 1. The number of benzene rings is 3. The van der Waals surface area contributed by atoms with Gasteiger partial charge in [0.05, 0.1) is 24.7 Å². The summed E-state index contributed by atoms with van der Waals surface area (Å²) in [5, 5.41) is 0. The van der Waals surface area contributed by atoms with E-state index in [1.807, 2.05) is 55.5 Å². The number of nitrogens with zero attached hydrogens (tertiary/aromatic N) is 2. The van der Waals surface area contributed by atoms with E-state index in [-0.39, 0.29) is 0 Å². The van der Waals surface area contributed by atoms with Crippen LogP contribution in [0.1, 0.15) is 49.2 Å². The van der Waals surface area contributed by atoms with Gasteiger partial charge in [0, 0.05) is 0 Å². The Hall–Kier alpha value is -3.73. The summed E-state index contributed by atoms with van der Waals surface area (Å²) in [6.07, 6.45) is 4.03. The van der Waals surface area contributed by atoms with Gasteiger partial charge in [-0.3, -0.25) is 0 Å². The van der Waals surface area contributed by atoms with Crippen molar-refractivity contribution < 1.29 is 14.2 Å². The van der Waals surface area contributed by atoms with Gasteiger partial charge in [0.25, 0.3) is 0 Å². The summed E-state index contributed by atoms with van der Waals surface area (Å²) in [4.78, 5) is 4.85. The number of imidazole rings is 1. The lowest BCUT2D eigenvalue weighted by molar-refractivity contribution is 0.261. The Morgan fingerprint density at radius 3 is 2.54 bits per heavy atom. The Balaban J connectivity index is 1.54. The molecule has 0 aliphatic heterocycles. The van der Waals surface area contributed by atoms with E-state index in [0.29, 0.717) is 37.2 Å². The normalized spacial score (nSPS) is 11.5.